The third kappa shape index (κ3) is 4.53. The average Bonchev–Trinajstić information content (AvgIpc) is 3.16. The van der Waals surface area contributed by atoms with Crippen LogP contribution in [0, 0.1) is 12.8 Å². The van der Waals surface area contributed by atoms with Gasteiger partial charge in [0.2, 0.25) is 0 Å². The molecule has 3 unspecified atom stereocenters. The number of carbonyl (C=O) groups is 2. The van der Waals surface area contributed by atoms with Crippen molar-refractivity contribution in [1.82, 2.24) is 4.98 Å². The number of carboxylic acids is 2. The molecule has 1 aliphatic carbocycles. The first-order valence-electron chi connectivity index (χ1n) is 7.46. The van der Waals surface area contributed by atoms with E-state index in [1.165, 1.54) is 24.1 Å². The first-order chi connectivity index (χ1) is 10.9. The van der Waals surface area contributed by atoms with Crippen LogP contribution in [-0.4, -0.2) is 45.8 Å². The highest BCUT2D eigenvalue weighted by Gasteiger charge is 2.51. The molecule has 0 bridgehead atoms. The van der Waals surface area contributed by atoms with Crippen LogP contribution in [0.5, 0.6) is 0 Å². The number of aryl methyl sites for hydroxylation is 1. The summed E-state index contributed by atoms with van der Waals surface area (Å²) in [6.45, 7) is 2.86. The molecule has 1 aliphatic heterocycles. The van der Waals surface area contributed by atoms with E-state index in [9.17, 15) is 9.59 Å². The van der Waals surface area contributed by atoms with Crippen molar-refractivity contribution in [3.8, 4) is 0 Å². The molecule has 1 saturated carbocycles. The van der Waals surface area contributed by atoms with Gasteiger partial charge in [0.15, 0.2) is 0 Å². The Labute approximate surface area is 134 Å². The van der Waals surface area contributed by atoms with Crippen molar-refractivity contribution in [3.63, 3.8) is 0 Å². The van der Waals surface area contributed by atoms with E-state index in [2.05, 4.69) is 22.9 Å². The predicted octanol–water partition coefficient (Wildman–Crippen LogP) is 1.03. The molecule has 1 aromatic heterocycles. The Hall–Kier alpha value is -2.41. The Bertz CT molecular complexity index is 601. The average molecular weight is 319 g/mol. The zero-order valence-electron chi connectivity index (χ0n) is 12.9. The molecule has 7 nitrogen and oxygen atoms in total. The van der Waals surface area contributed by atoms with E-state index in [-0.39, 0.29) is 0 Å². The number of anilines is 1. The van der Waals surface area contributed by atoms with Gasteiger partial charge in [-0.3, -0.25) is 4.98 Å². The molecule has 2 aliphatic rings. The van der Waals surface area contributed by atoms with Gasteiger partial charge in [-0.25, -0.2) is 9.59 Å². The fourth-order valence-electron chi connectivity index (χ4n) is 2.99. The van der Waals surface area contributed by atoms with Gasteiger partial charge in [0.05, 0.1) is 11.9 Å². The number of carboxylic acid groups (broad SMARTS) is 2. The number of piperidine rings is 1. The normalized spacial score (nSPS) is 24.8. The van der Waals surface area contributed by atoms with Gasteiger partial charge in [-0.1, -0.05) is 0 Å². The van der Waals surface area contributed by atoms with E-state index in [1.54, 1.807) is 0 Å². The molecular weight excluding hydrogens is 298 g/mol. The van der Waals surface area contributed by atoms with E-state index in [4.69, 9.17) is 15.9 Å². The summed E-state index contributed by atoms with van der Waals surface area (Å²) in [4.78, 5) is 25.9. The number of pyridine rings is 1. The van der Waals surface area contributed by atoms with Gasteiger partial charge in [-0.15, -0.1) is 0 Å². The van der Waals surface area contributed by atoms with Crippen LogP contribution in [0.25, 0.3) is 0 Å². The maximum Gasteiger partial charge on any atom is 0.328 e. The minimum Gasteiger partial charge on any atom is -0.478 e. The van der Waals surface area contributed by atoms with Crippen molar-refractivity contribution in [1.29, 1.82) is 0 Å². The fraction of sp³-hybridized carbons (Fsp3) is 0.438. The molecule has 0 amide bonds. The molecule has 1 saturated heterocycles. The van der Waals surface area contributed by atoms with Crippen LogP contribution < -0.4 is 10.6 Å². The van der Waals surface area contributed by atoms with Crippen LogP contribution in [0.3, 0.4) is 0 Å². The van der Waals surface area contributed by atoms with E-state index in [1.807, 2.05) is 12.4 Å². The summed E-state index contributed by atoms with van der Waals surface area (Å²) in [5.41, 5.74) is 8.31. The highest BCUT2D eigenvalue weighted by atomic mass is 16.4. The summed E-state index contributed by atoms with van der Waals surface area (Å²) >= 11 is 0. The van der Waals surface area contributed by atoms with Crippen LogP contribution in [-0.2, 0) is 9.59 Å². The quantitative estimate of drug-likeness (QED) is 0.709. The number of hydrogen-bond donors (Lipinski definition) is 3. The lowest BCUT2D eigenvalue weighted by molar-refractivity contribution is -0.134. The number of aliphatic carboxylic acids is 2. The summed E-state index contributed by atoms with van der Waals surface area (Å²) in [7, 11) is 0. The molecule has 1 aromatic rings. The first-order valence-corrected chi connectivity index (χ1v) is 7.46. The second-order valence-electron chi connectivity index (χ2n) is 5.83. The topological polar surface area (TPSA) is 117 Å². The molecule has 3 rings (SSSR count). The molecule has 0 aromatic carbocycles. The van der Waals surface area contributed by atoms with Crippen LogP contribution in [0.15, 0.2) is 30.6 Å². The number of hydrogen-bond acceptors (Lipinski definition) is 5. The van der Waals surface area contributed by atoms with Crippen LogP contribution in [0.4, 0.5) is 5.69 Å². The van der Waals surface area contributed by atoms with Crippen molar-refractivity contribution in [2.24, 2.45) is 11.7 Å². The Balaban J connectivity index is 0.000000207. The second-order valence-corrected chi connectivity index (χ2v) is 5.83. The van der Waals surface area contributed by atoms with Gasteiger partial charge >= 0.3 is 11.9 Å². The third-order valence-corrected chi connectivity index (χ3v) is 4.01. The summed E-state index contributed by atoms with van der Waals surface area (Å²) in [5, 5.41) is 15.6. The summed E-state index contributed by atoms with van der Waals surface area (Å²) in [6, 6.07) is 3.51. The zero-order valence-corrected chi connectivity index (χ0v) is 12.9. The zero-order chi connectivity index (χ0) is 17.0. The van der Waals surface area contributed by atoms with Gasteiger partial charge in [-0.05, 0) is 37.3 Å². The Morgan fingerprint density at radius 2 is 1.96 bits per heavy atom. The smallest absolute Gasteiger partial charge is 0.328 e. The van der Waals surface area contributed by atoms with Crippen molar-refractivity contribution in [2.45, 2.75) is 31.8 Å². The molecule has 124 valence electrons. The molecule has 7 heteroatoms. The maximum absolute atomic E-state index is 9.55. The van der Waals surface area contributed by atoms with Gasteiger partial charge in [0.25, 0.3) is 0 Å². The largest absolute Gasteiger partial charge is 0.478 e. The first kappa shape index (κ1) is 17.0. The second kappa shape index (κ2) is 7.23. The maximum atomic E-state index is 9.55. The van der Waals surface area contributed by atoms with Gasteiger partial charge in [-0.2, -0.15) is 0 Å². The number of aromatic nitrogens is 1. The number of nitrogens with zero attached hydrogens (tertiary/aromatic N) is 2. The summed E-state index contributed by atoms with van der Waals surface area (Å²) in [5.74, 6) is -1.61. The monoisotopic (exact) mass is 319 g/mol. The van der Waals surface area contributed by atoms with E-state index >= 15 is 0 Å². The third-order valence-electron chi connectivity index (χ3n) is 4.01. The van der Waals surface area contributed by atoms with Crippen molar-refractivity contribution < 1.29 is 19.8 Å². The predicted molar refractivity (Wildman–Crippen MR) is 85.2 cm³/mol. The standard InChI is InChI=1S/C12H17N3.C4H4O4/c1-8-2-11(7-14-6-8)15-10(5-13)3-9-4-12(9)15;5-3(6)1-2-4(7)8/h2,6-7,9-10,12H,3-5,13H2,1H3;1-2H,(H,5,6)(H,7,8). The SMILES string of the molecule is Cc1cncc(N2C(CN)CC3CC32)c1.O=C(O)C=CC(=O)O. The molecule has 0 spiro atoms. The van der Waals surface area contributed by atoms with Crippen LogP contribution in [0.1, 0.15) is 18.4 Å². The lowest BCUT2D eigenvalue weighted by Gasteiger charge is -2.28. The lowest BCUT2D eigenvalue weighted by Crippen LogP contribution is -2.38. The highest BCUT2D eigenvalue weighted by Crippen LogP contribution is 2.49. The molecule has 4 N–H and O–H groups in total. The molecule has 3 atom stereocenters. The van der Waals surface area contributed by atoms with Crippen molar-refractivity contribution >= 4 is 17.6 Å². The number of rotatable bonds is 4. The van der Waals surface area contributed by atoms with Crippen molar-refractivity contribution in [2.75, 3.05) is 11.4 Å². The summed E-state index contributed by atoms with van der Waals surface area (Å²) in [6.07, 6.45) is 7.61. The fourth-order valence-corrected chi connectivity index (χ4v) is 2.99. The molecule has 2 heterocycles. The van der Waals surface area contributed by atoms with Gasteiger partial charge in [0, 0.05) is 37.0 Å². The molecule has 23 heavy (non-hydrogen) atoms. The Morgan fingerprint density at radius 1 is 1.30 bits per heavy atom. The molecule has 0 radical (unpaired) electrons. The Kier molecular flexibility index (Phi) is 5.33. The summed E-state index contributed by atoms with van der Waals surface area (Å²) < 4.78 is 0. The highest BCUT2D eigenvalue weighted by molar-refractivity contribution is 5.89. The van der Waals surface area contributed by atoms with Crippen LogP contribution in [0.2, 0.25) is 0 Å². The van der Waals surface area contributed by atoms with Gasteiger partial charge in [0.1, 0.15) is 0 Å². The number of nitrogens with two attached hydrogens (primary N) is 1. The Morgan fingerprint density at radius 3 is 2.48 bits per heavy atom. The van der Waals surface area contributed by atoms with Crippen LogP contribution >= 0.6 is 0 Å². The van der Waals surface area contributed by atoms with Gasteiger partial charge < -0.3 is 20.8 Å². The molecule has 2 fully saturated rings. The minimum absolute atomic E-state index is 0.539. The van der Waals surface area contributed by atoms with E-state index in [0.717, 1.165) is 18.5 Å². The number of fused-ring (bicyclic) bond motifs is 1. The van der Waals surface area contributed by atoms with Crippen molar-refractivity contribution in [3.05, 3.63) is 36.2 Å². The van der Waals surface area contributed by atoms with E-state index in [0.29, 0.717) is 18.2 Å². The molecular formula is C16H21N3O4. The lowest BCUT2D eigenvalue weighted by atomic mass is 10.1. The van der Waals surface area contributed by atoms with E-state index < -0.39 is 11.9 Å². The minimum atomic E-state index is -1.26.